The van der Waals surface area contributed by atoms with Gasteiger partial charge in [-0.05, 0) is 155 Å². The molecule has 0 saturated carbocycles. The van der Waals surface area contributed by atoms with Gasteiger partial charge in [-0.1, -0.05) is 0 Å². The molecule has 12 nitrogen and oxygen atoms in total. The second-order valence-electron chi connectivity index (χ2n) is 14.9. The van der Waals surface area contributed by atoms with E-state index in [1.165, 1.54) is 12.1 Å². The molecule has 2 fully saturated rings. The van der Waals surface area contributed by atoms with Crippen molar-refractivity contribution < 1.29 is 13.2 Å². The second-order valence-corrected chi connectivity index (χ2v) is 14.9. The fourth-order valence-electron chi connectivity index (χ4n) is 7.92. The number of fused-ring (bicyclic) bond motifs is 4. The van der Waals surface area contributed by atoms with Crippen molar-refractivity contribution in [2.75, 3.05) is 26.2 Å². The predicted molar refractivity (Wildman–Crippen MR) is 226 cm³/mol. The molecule has 2 aliphatic rings. The third kappa shape index (κ3) is 8.06. The molecule has 0 aliphatic carbocycles. The van der Waals surface area contributed by atoms with Crippen LogP contribution in [0, 0.1) is 39.3 Å². The molecule has 16 heteroatoms. The lowest BCUT2D eigenvalue weighted by Crippen LogP contribution is -2.27. The standard InChI is InChI=1S/C21H21FN6.C21H20FN5O.2ClH/c1-11-7-14(9-17-19(11)25-12(2)24-17)15-8-16(22)20-18(10-15)27-28-21(26-20)13-3-5-23-6-4-13;1-11-7-14(10-18-19(11)24-12(2)28-18)15-8-16(22)20-17(9-15)26-27-21(25-20)13-3-5-23-6-4-13;;/h7-10,13,23H,3-6H2,1-2H3,(H,24,25);7-10,13,23H,3-6H2,1-2H3;2*1H. The van der Waals surface area contributed by atoms with Crippen molar-refractivity contribution in [3.63, 3.8) is 0 Å². The molecular weight excluding hydrogens is 783 g/mol. The van der Waals surface area contributed by atoms with Crippen molar-refractivity contribution in [1.82, 2.24) is 55.9 Å². The quantitative estimate of drug-likeness (QED) is 0.156. The smallest absolute Gasteiger partial charge is 0.192 e. The van der Waals surface area contributed by atoms with E-state index in [9.17, 15) is 8.78 Å². The number of nitrogens with one attached hydrogen (secondary N) is 3. The number of aryl methyl sites for hydroxylation is 4. The largest absolute Gasteiger partial charge is 0.441 e. The van der Waals surface area contributed by atoms with E-state index in [1.807, 2.05) is 64.1 Å². The average molecular weight is 827 g/mol. The monoisotopic (exact) mass is 825 g/mol. The van der Waals surface area contributed by atoms with Crippen LogP contribution in [-0.4, -0.2) is 71.5 Å². The molecule has 6 heterocycles. The minimum absolute atomic E-state index is 0. The van der Waals surface area contributed by atoms with Crippen molar-refractivity contribution in [1.29, 1.82) is 0 Å². The van der Waals surface area contributed by atoms with E-state index in [1.54, 1.807) is 0 Å². The number of benzene rings is 4. The summed E-state index contributed by atoms with van der Waals surface area (Å²) >= 11 is 0. The van der Waals surface area contributed by atoms with Crippen LogP contribution in [0.1, 0.15) is 72.0 Å². The Morgan fingerprint density at radius 1 is 0.534 bits per heavy atom. The summed E-state index contributed by atoms with van der Waals surface area (Å²) in [6, 6.07) is 14.6. The van der Waals surface area contributed by atoms with Crippen LogP contribution >= 0.6 is 24.8 Å². The fraction of sp³-hybridized carbons (Fsp3) is 0.333. The molecule has 0 atom stereocenters. The number of oxazole rings is 1. The van der Waals surface area contributed by atoms with Gasteiger partial charge in [-0.15, -0.1) is 45.2 Å². The Labute approximate surface area is 345 Å². The molecule has 0 radical (unpaired) electrons. The lowest BCUT2D eigenvalue weighted by Gasteiger charge is -2.20. The van der Waals surface area contributed by atoms with E-state index in [0.717, 1.165) is 108 Å². The van der Waals surface area contributed by atoms with Crippen molar-refractivity contribution in [2.24, 2.45) is 0 Å². The zero-order valence-corrected chi connectivity index (χ0v) is 34.1. The van der Waals surface area contributed by atoms with Crippen LogP contribution in [0.4, 0.5) is 8.78 Å². The molecule has 300 valence electrons. The van der Waals surface area contributed by atoms with Crippen LogP contribution in [0.5, 0.6) is 0 Å². The van der Waals surface area contributed by atoms with Gasteiger partial charge in [0.25, 0.3) is 0 Å². The Morgan fingerprint density at radius 3 is 1.55 bits per heavy atom. The predicted octanol–water partition coefficient (Wildman–Crippen LogP) is 8.69. The molecule has 0 unspecified atom stereocenters. The Bertz CT molecular complexity index is 2590. The second kappa shape index (κ2) is 16.9. The van der Waals surface area contributed by atoms with Crippen LogP contribution in [-0.2, 0) is 0 Å². The third-order valence-corrected chi connectivity index (χ3v) is 10.8. The first kappa shape index (κ1) is 40.9. The molecular formula is C42H43Cl2F2N11O. The molecule has 0 spiro atoms. The van der Waals surface area contributed by atoms with E-state index >= 15 is 0 Å². The first-order chi connectivity index (χ1) is 27.2. The number of imidazole rings is 1. The normalized spacial score (nSPS) is 15.0. The molecule has 4 aromatic carbocycles. The molecule has 58 heavy (non-hydrogen) atoms. The van der Waals surface area contributed by atoms with Gasteiger partial charge in [-0.3, -0.25) is 0 Å². The Balaban J connectivity index is 0.000000171. The summed E-state index contributed by atoms with van der Waals surface area (Å²) in [6.45, 7) is 11.4. The van der Waals surface area contributed by atoms with Gasteiger partial charge >= 0.3 is 0 Å². The fourth-order valence-corrected chi connectivity index (χ4v) is 7.92. The SMILES string of the molecule is Cc1nc2c(C)cc(-c3cc(F)c4nc(C5CCNCC5)nnc4c3)cc2[nH]1.Cc1nc2c(C)cc(-c3cc(F)c4nc(C5CCNCC5)nnc4c3)cc2o1.Cl.Cl. The van der Waals surface area contributed by atoms with Gasteiger partial charge in [0.2, 0.25) is 0 Å². The highest BCUT2D eigenvalue weighted by Gasteiger charge is 2.22. The van der Waals surface area contributed by atoms with E-state index in [2.05, 4.69) is 55.9 Å². The van der Waals surface area contributed by atoms with Gasteiger partial charge in [0.05, 0.1) is 11.0 Å². The minimum Gasteiger partial charge on any atom is -0.441 e. The van der Waals surface area contributed by atoms with Crippen molar-refractivity contribution in [2.45, 2.75) is 65.2 Å². The zero-order valence-electron chi connectivity index (χ0n) is 32.5. The van der Waals surface area contributed by atoms with Crippen molar-refractivity contribution in [3.8, 4) is 22.3 Å². The minimum atomic E-state index is -0.385. The van der Waals surface area contributed by atoms with Crippen LogP contribution in [0.15, 0.2) is 52.9 Å². The van der Waals surface area contributed by atoms with E-state index < -0.39 is 0 Å². The first-order valence-corrected chi connectivity index (χ1v) is 19.1. The molecule has 2 aliphatic heterocycles. The molecule has 8 aromatic rings. The molecule has 4 aromatic heterocycles. The van der Waals surface area contributed by atoms with Crippen LogP contribution in [0.25, 0.3) is 66.5 Å². The molecule has 2 saturated heterocycles. The number of nitrogens with zero attached hydrogens (tertiary/aromatic N) is 8. The maximum Gasteiger partial charge on any atom is 0.192 e. The van der Waals surface area contributed by atoms with Gasteiger partial charge in [0.15, 0.2) is 34.8 Å². The van der Waals surface area contributed by atoms with Gasteiger partial charge in [0.1, 0.15) is 33.4 Å². The van der Waals surface area contributed by atoms with Gasteiger partial charge in [-0.2, -0.15) is 0 Å². The average Bonchev–Trinajstić information content (AvgIpc) is 3.80. The molecule has 3 N–H and O–H groups in total. The van der Waals surface area contributed by atoms with Crippen LogP contribution in [0.3, 0.4) is 0 Å². The lowest BCUT2D eigenvalue weighted by atomic mass is 9.97. The first-order valence-electron chi connectivity index (χ1n) is 19.1. The van der Waals surface area contributed by atoms with Crippen LogP contribution < -0.4 is 10.6 Å². The highest BCUT2D eigenvalue weighted by molar-refractivity contribution is 5.89. The number of H-pyrrole nitrogens is 1. The number of aromatic nitrogens is 9. The van der Waals surface area contributed by atoms with Crippen molar-refractivity contribution >= 4 is 69.0 Å². The Kier molecular flexibility index (Phi) is 11.9. The molecule has 0 amide bonds. The number of halogens is 4. The third-order valence-electron chi connectivity index (χ3n) is 10.8. The maximum absolute atomic E-state index is 14.9. The summed E-state index contributed by atoms with van der Waals surface area (Å²) < 4.78 is 35.5. The highest BCUT2D eigenvalue weighted by atomic mass is 35.5. The highest BCUT2D eigenvalue weighted by Crippen LogP contribution is 2.33. The summed E-state index contributed by atoms with van der Waals surface area (Å²) in [5.41, 5.74) is 10.2. The zero-order chi connectivity index (χ0) is 38.5. The molecule has 10 rings (SSSR count). The lowest BCUT2D eigenvalue weighted by molar-refractivity contribution is 0.442. The summed E-state index contributed by atoms with van der Waals surface area (Å²) in [7, 11) is 0. The van der Waals surface area contributed by atoms with E-state index in [0.29, 0.717) is 39.7 Å². The Morgan fingerprint density at radius 2 is 1.02 bits per heavy atom. The van der Waals surface area contributed by atoms with E-state index in [4.69, 9.17) is 4.42 Å². The van der Waals surface area contributed by atoms with Gasteiger partial charge in [-0.25, -0.2) is 28.7 Å². The Hall–Kier alpha value is -5.28. The summed E-state index contributed by atoms with van der Waals surface area (Å²) in [4.78, 5) is 21.2. The number of piperidine rings is 2. The number of hydrogen-bond donors (Lipinski definition) is 3. The van der Waals surface area contributed by atoms with Gasteiger partial charge in [0, 0.05) is 18.8 Å². The van der Waals surface area contributed by atoms with Crippen molar-refractivity contribution in [3.05, 3.63) is 94.7 Å². The maximum atomic E-state index is 14.9. The number of aromatic amines is 1. The number of hydrogen-bond acceptors (Lipinski definition) is 11. The molecule has 0 bridgehead atoms. The summed E-state index contributed by atoms with van der Waals surface area (Å²) in [6.07, 6.45) is 3.80. The summed E-state index contributed by atoms with van der Waals surface area (Å²) in [5.74, 6) is 2.48. The van der Waals surface area contributed by atoms with Crippen LogP contribution in [0.2, 0.25) is 0 Å². The van der Waals surface area contributed by atoms with E-state index in [-0.39, 0.29) is 53.8 Å². The topological polar surface area (TPSA) is 156 Å². The number of rotatable bonds is 4. The summed E-state index contributed by atoms with van der Waals surface area (Å²) in [5, 5.41) is 23.8. The van der Waals surface area contributed by atoms with Gasteiger partial charge < -0.3 is 20.0 Å².